The van der Waals surface area contributed by atoms with Crippen molar-refractivity contribution in [2.45, 2.75) is 75.9 Å². The minimum atomic E-state index is -0.607. The SMILES string of the molecule is CCCCN1CCC(Oc2ccc(C(=O)Nc3ccc(Oc4ccc(NC(=O)NC(CC)C(C)I)c(F)c4)c(C)c3)cc2)CC1. The molecule has 2 unspecified atom stereocenters. The lowest BCUT2D eigenvalue weighted by atomic mass is 10.1. The number of nitrogens with zero attached hydrogens (tertiary/aromatic N) is 1. The van der Waals surface area contributed by atoms with E-state index in [0.29, 0.717) is 17.0 Å². The minimum Gasteiger partial charge on any atom is -0.490 e. The van der Waals surface area contributed by atoms with E-state index in [4.69, 9.17) is 9.47 Å². The molecule has 242 valence electrons. The van der Waals surface area contributed by atoms with Gasteiger partial charge in [-0.2, -0.15) is 0 Å². The van der Waals surface area contributed by atoms with E-state index in [-0.39, 0.29) is 33.4 Å². The van der Waals surface area contributed by atoms with Crippen LogP contribution in [0.2, 0.25) is 0 Å². The number of hydrogen-bond donors (Lipinski definition) is 3. The maximum Gasteiger partial charge on any atom is 0.319 e. The Morgan fingerprint density at radius 1 is 1.00 bits per heavy atom. The van der Waals surface area contributed by atoms with Crippen LogP contribution >= 0.6 is 22.6 Å². The molecule has 3 N–H and O–H groups in total. The van der Waals surface area contributed by atoms with Crippen molar-refractivity contribution >= 4 is 45.9 Å². The van der Waals surface area contributed by atoms with Gasteiger partial charge in [0.15, 0.2) is 0 Å². The average Bonchev–Trinajstić information content (AvgIpc) is 3.02. The number of rotatable bonds is 13. The molecule has 3 aromatic rings. The first kappa shape index (κ1) is 34.5. The van der Waals surface area contributed by atoms with Crippen LogP contribution in [0.4, 0.5) is 20.6 Å². The Balaban J connectivity index is 1.28. The molecule has 2 atom stereocenters. The summed E-state index contributed by atoms with van der Waals surface area (Å²) >= 11 is 2.26. The van der Waals surface area contributed by atoms with Crippen molar-refractivity contribution in [2.24, 2.45) is 0 Å². The Morgan fingerprint density at radius 3 is 2.33 bits per heavy atom. The highest BCUT2D eigenvalue weighted by Gasteiger charge is 2.20. The van der Waals surface area contributed by atoms with Crippen LogP contribution in [0, 0.1) is 12.7 Å². The second-order valence-electron chi connectivity index (χ2n) is 11.5. The molecule has 4 rings (SSSR count). The Kier molecular flexibility index (Phi) is 12.9. The molecule has 8 nitrogen and oxygen atoms in total. The fraction of sp³-hybridized carbons (Fsp3) is 0.429. The van der Waals surface area contributed by atoms with E-state index in [2.05, 4.69) is 50.4 Å². The van der Waals surface area contributed by atoms with E-state index in [0.717, 1.165) is 50.2 Å². The van der Waals surface area contributed by atoms with E-state index in [1.165, 1.54) is 25.0 Å². The monoisotopic (exact) mass is 730 g/mol. The molecular formula is C35H44FIN4O4. The van der Waals surface area contributed by atoms with Gasteiger partial charge in [-0.15, -0.1) is 0 Å². The van der Waals surface area contributed by atoms with Crippen LogP contribution in [0.5, 0.6) is 17.2 Å². The van der Waals surface area contributed by atoms with Crippen LogP contribution in [0.15, 0.2) is 60.7 Å². The number of ether oxygens (including phenoxy) is 2. The Bertz CT molecular complexity index is 1430. The maximum absolute atomic E-state index is 14.8. The molecule has 1 heterocycles. The van der Waals surface area contributed by atoms with Crippen molar-refractivity contribution in [2.75, 3.05) is 30.3 Å². The number of piperidine rings is 1. The third kappa shape index (κ3) is 10.3. The third-order valence-electron chi connectivity index (χ3n) is 7.94. The molecular weight excluding hydrogens is 686 g/mol. The summed E-state index contributed by atoms with van der Waals surface area (Å²) in [5.41, 5.74) is 1.97. The molecule has 3 aromatic carbocycles. The quantitative estimate of drug-likeness (QED) is 0.121. The number of urea groups is 1. The number of likely N-dealkylation sites (tertiary alicyclic amines) is 1. The average molecular weight is 731 g/mol. The Morgan fingerprint density at radius 2 is 1.71 bits per heavy atom. The third-order valence-corrected chi connectivity index (χ3v) is 8.81. The summed E-state index contributed by atoms with van der Waals surface area (Å²) in [7, 11) is 0. The molecule has 0 bridgehead atoms. The van der Waals surface area contributed by atoms with Gasteiger partial charge in [0.2, 0.25) is 0 Å². The molecule has 0 aromatic heterocycles. The lowest BCUT2D eigenvalue weighted by molar-refractivity contribution is 0.0996. The molecule has 3 amide bonds. The molecule has 1 fully saturated rings. The summed E-state index contributed by atoms with van der Waals surface area (Å²) in [4.78, 5) is 27.7. The Labute approximate surface area is 279 Å². The van der Waals surface area contributed by atoms with Crippen LogP contribution in [0.3, 0.4) is 0 Å². The first-order valence-electron chi connectivity index (χ1n) is 15.7. The normalized spacial score (nSPS) is 15.2. The van der Waals surface area contributed by atoms with Crippen molar-refractivity contribution < 1.29 is 23.5 Å². The van der Waals surface area contributed by atoms with Crippen molar-refractivity contribution in [3.05, 3.63) is 77.6 Å². The molecule has 1 aliphatic rings. The number of aryl methyl sites for hydroxylation is 1. The van der Waals surface area contributed by atoms with Gasteiger partial charge >= 0.3 is 6.03 Å². The van der Waals surface area contributed by atoms with Gasteiger partial charge in [0.05, 0.1) is 5.69 Å². The smallest absolute Gasteiger partial charge is 0.319 e. The lowest BCUT2D eigenvalue weighted by Crippen LogP contribution is -2.41. The zero-order valence-corrected chi connectivity index (χ0v) is 28.7. The number of carbonyl (C=O) groups is 2. The number of nitrogens with one attached hydrogen (secondary N) is 3. The van der Waals surface area contributed by atoms with Crippen molar-refractivity contribution in [3.8, 4) is 17.2 Å². The van der Waals surface area contributed by atoms with Crippen molar-refractivity contribution in [1.29, 1.82) is 0 Å². The lowest BCUT2D eigenvalue weighted by Gasteiger charge is -2.32. The molecule has 10 heteroatoms. The summed E-state index contributed by atoms with van der Waals surface area (Å²) in [5.74, 6) is 0.742. The first-order valence-corrected chi connectivity index (χ1v) is 17.0. The topological polar surface area (TPSA) is 91.9 Å². The zero-order chi connectivity index (χ0) is 32.3. The van der Waals surface area contributed by atoms with Crippen LogP contribution in [-0.4, -0.2) is 52.5 Å². The molecule has 1 aliphatic heterocycles. The number of amides is 3. The highest BCUT2D eigenvalue weighted by molar-refractivity contribution is 14.1. The highest BCUT2D eigenvalue weighted by Crippen LogP contribution is 2.30. The van der Waals surface area contributed by atoms with E-state index in [9.17, 15) is 14.0 Å². The van der Waals surface area contributed by atoms with Gasteiger partial charge in [0.25, 0.3) is 5.91 Å². The van der Waals surface area contributed by atoms with E-state index >= 15 is 0 Å². The minimum absolute atomic E-state index is 0.0135. The number of anilines is 2. The number of hydrogen-bond acceptors (Lipinski definition) is 5. The molecule has 45 heavy (non-hydrogen) atoms. The predicted octanol–water partition coefficient (Wildman–Crippen LogP) is 8.55. The van der Waals surface area contributed by atoms with E-state index in [1.807, 2.05) is 32.9 Å². The van der Waals surface area contributed by atoms with E-state index in [1.54, 1.807) is 36.4 Å². The molecule has 0 radical (unpaired) electrons. The first-order chi connectivity index (χ1) is 21.6. The van der Waals surface area contributed by atoms with Crippen LogP contribution in [-0.2, 0) is 0 Å². The Hall–Kier alpha value is -3.38. The fourth-order valence-electron chi connectivity index (χ4n) is 5.21. The summed E-state index contributed by atoms with van der Waals surface area (Å²) in [6, 6.07) is 16.3. The number of halogens is 2. The number of unbranched alkanes of at least 4 members (excludes halogenated alkanes) is 1. The second kappa shape index (κ2) is 16.8. The zero-order valence-electron chi connectivity index (χ0n) is 26.5. The van der Waals surface area contributed by atoms with Crippen LogP contribution in [0.25, 0.3) is 0 Å². The molecule has 0 aliphatic carbocycles. The highest BCUT2D eigenvalue weighted by atomic mass is 127. The van der Waals surface area contributed by atoms with Crippen LogP contribution < -0.4 is 25.4 Å². The van der Waals surface area contributed by atoms with Gasteiger partial charge in [-0.25, -0.2) is 9.18 Å². The maximum atomic E-state index is 14.8. The summed E-state index contributed by atoms with van der Waals surface area (Å²) in [5, 5.41) is 8.35. The van der Waals surface area contributed by atoms with Gasteiger partial charge in [-0.1, -0.05) is 49.8 Å². The van der Waals surface area contributed by atoms with Gasteiger partial charge in [-0.05, 0) is 99.3 Å². The second-order valence-corrected chi connectivity index (χ2v) is 13.5. The number of carbonyl (C=O) groups excluding carboxylic acids is 2. The van der Waals surface area contributed by atoms with Gasteiger partial charge in [-0.3, -0.25) is 4.79 Å². The molecule has 0 spiro atoms. The van der Waals surface area contributed by atoms with E-state index < -0.39 is 11.8 Å². The summed E-state index contributed by atoms with van der Waals surface area (Å²) < 4.78 is 27.1. The summed E-state index contributed by atoms with van der Waals surface area (Å²) in [6.45, 7) is 11.4. The van der Waals surface area contributed by atoms with Gasteiger partial charge in [0, 0.05) is 40.4 Å². The van der Waals surface area contributed by atoms with Crippen molar-refractivity contribution in [1.82, 2.24) is 10.2 Å². The molecule has 1 saturated heterocycles. The van der Waals surface area contributed by atoms with Crippen molar-refractivity contribution in [3.63, 3.8) is 0 Å². The fourth-order valence-corrected chi connectivity index (χ4v) is 5.90. The van der Waals surface area contributed by atoms with Gasteiger partial charge < -0.3 is 30.3 Å². The standard InChI is InChI=1S/C35H44FIN4O4/c1-5-7-18-41-19-16-28(17-20-41)44-27-11-8-25(9-12-27)34(42)38-26-10-15-33(23(3)21-26)45-29-13-14-32(30(36)22-29)40-35(43)39-31(6-2)24(4)37/h8-15,21-22,24,28,31H,5-7,16-20H2,1-4H3,(H,38,42)(H2,39,40,43). The largest absolute Gasteiger partial charge is 0.490 e. The number of benzene rings is 3. The van der Waals surface area contributed by atoms with Gasteiger partial charge in [0.1, 0.15) is 29.2 Å². The van der Waals surface area contributed by atoms with Crippen LogP contribution in [0.1, 0.15) is 68.8 Å². The number of alkyl halides is 1. The predicted molar refractivity (Wildman–Crippen MR) is 187 cm³/mol. The molecule has 0 saturated carbocycles. The summed E-state index contributed by atoms with van der Waals surface area (Å²) in [6.07, 6.45) is 5.45.